The lowest BCUT2D eigenvalue weighted by molar-refractivity contribution is 0.142. The third kappa shape index (κ3) is 4.54. The van der Waals surface area contributed by atoms with Crippen molar-refractivity contribution in [2.75, 3.05) is 5.75 Å². The minimum absolute atomic E-state index is 0.172. The van der Waals surface area contributed by atoms with Crippen molar-refractivity contribution in [3.05, 3.63) is 0 Å². The molecular weight excluding hydrogens is 246 g/mol. The fraction of sp³-hybridized carbons (Fsp3) is 1.00. The van der Waals surface area contributed by atoms with Crippen LogP contribution >= 0.6 is 0 Å². The molecule has 0 radical (unpaired) electrons. The maximum atomic E-state index is 11.7. The molecule has 0 unspecified atom stereocenters. The quantitative estimate of drug-likeness (QED) is 0.808. The van der Waals surface area contributed by atoms with Gasteiger partial charge in [-0.15, -0.1) is 0 Å². The lowest BCUT2D eigenvalue weighted by Gasteiger charge is -2.39. The summed E-state index contributed by atoms with van der Waals surface area (Å²) in [6.07, 6.45) is 6.19. The zero-order valence-corrected chi connectivity index (χ0v) is 13.1. The highest BCUT2D eigenvalue weighted by Crippen LogP contribution is 2.40. The molecule has 0 aromatic heterocycles. The number of hydrogen-bond donors (Lipinski definition) is 1. The van der Waals surface area contributed by atoms with Crippen LogP contribution in [0.2, 0.25) is 0 Å². The van der Waals surface area contributed by atoms with Crippen LogP contribution in [-0.4, -0.2) is 20.2 Å². The van der Waals surface area contributed by atoms with Crippen LogP contribution in [0.4, 0.5) is 0 Å². The zero-order valence-electron chi connectivity index (χ0n) is 12.3. The van der Waals surface area contributed by atoms with E-state index in [2.05, 4.69) is 25.5 Å². The highest BCUT2D eigenvalue weighted by Gasteiger charge is 2.32. The van der Waals surface area contributed by atoms with E-state index >= 15 is 0 Å². The second-order valence-corrected chi connectivity index (χ2v) is 8.20. The first kappa shape index (κ1) is 16.0. The third-order valence-corrected chi connectivity index (χ3v) is 6.20. The van der Waals surface area contributed by atoms with Crippen LogP contribution in [0.5, 0.6) is 0 Å². The molecule has 1 aliphatic carbocycles. The number of nitrogens with one attached hydrogen (secondary N) is 1. The molecule has 108 valence electrons. The van der Waals surface area contributed by atoms with Gasteiger partial charge in [0, 0.05) is 6.04 Å². The Labute approximate surface area is 113 Å². The Bertz CT molecular complexity index is 341. The van der Waals surface area contributed by atoms with E-state index in [9.17, 15) is 8.42 Å². The van der Waals surface area contributed by atoms with Crippen LogP contribution in [0.15, 0.2) is 0 Å². The van der Waals surface area contributed by atoms with Crippen molar-refractivity contribution in [1.82, 2.24) is 4.72 Å². The number of hydrogen-bond acceptors (Lipinski definition) is 2. The summed E-state index contributed by atoms with van der Waals surface area (Å²) in [6.45, 7) is 8.81. The summed E-state index contributed by atoms with van der Waals surface area (Å²) in [7, 11) is -3.04. The van der Waals surface area contributed by atoms with Gasteiger partial charge in [-0.05, 0) is 43.4 Å². The van der Waals surface area contributed by atoms with Crippen LogP contribution in [-0.2, 0) is 10.0 Å². The fourth-order valence-electron chi connectivity index (χ4n) is 2.86. The molecule has 1 rings (SSSR count). The van der Waals surface area contributed by atoms with Gasteiger partial charge in [0.25, 0.3) is 0 Å². The molecule has 3 nitrogen and oxygen atoms in total. The van der Waals surface area contributed by atoms with Gasteiger partial charge in [-0.25, -0.2) is 13.1 Å². The molecule has 4 heteroatoms. The van der Waals surface area contributed by atoms with E-state index in [0.29, 0.717) is 11.8 Å². The van der Waals surface area contributed by atoms with Crippen LogP contribution in [0.3, 0.4) is 0 Å². The number of rotatable bonds is 6. The molecule has 0 atom stereocenters. The molecule has 1 fully saturated rings. The van der Waals surface area contributed by atoms with E-state index in [1.807, 2.05) is 6.92 Å². The van der Waals surface area contributed by atoms with E-state index in [1.165, 1.54) is 6.42 Å². The second kappa shape index (κ2) is 6.38. The lowest BCUT2D eigenvalue weighted by Crippen LogP contribution is -2.40. The third-order valence-electron chi connectivity index (χ3n) is 4.56. The number of sulfonamides is 1. The lowest BCUT2D eigenvalue weighted by atomic mass is 9.69. The maximum Gasteiger partial charge on any atom is 0.211 e. The monoisotopic (exact) mass is 275 g/mol. The molecule has 1 N–H and O–H groups in total. The van der Waals surface area contributed by atoms with Gasteiger partial charge >= 0.3 is 0 Å². The van der Waals surface area contributed by atoms with Gasteiger partial charge in [0.05, 0.1) is 5.75 Å². The van der Waals surface area contributed by atoms with Crippen LogP contribution in [0, 0.1) is 11.3 Å². The largest absolute Gasteiger partial charge is 0.212 e. The first-order chi connectivity index (χ1) is 8.30. The predicted molar refractivity (Wildman–Crippen MR) is 77.0 cm³/mol. The molecule has 18 heavy (non-hydrogen) atoms. The van der Waals surface area contributed by atoms with Gasteiger partial charge in [-0.3, -0.25) is 0 Å². The SMILES string of the molecule is CCCS(=O)(=O)NC1CCC(C(C)(C)CC)CC1. The summed E-state index contributed by atoms with van der Waals surface area (Å²) in [6, 6.07) is 0.172. The zero-order chi connectivity index (χ0) is 13.8. The molecule has 0 amide bonds. The smallest absolute Gasteiger partial charge is 0.211 e. The van der Waals surface area contributed by atoms with Crippen molar-refractivity contribution in [2.24, 2.45) is 11.3 Å². The molecule has 1 saturated carbocycles. The van der Waals surface area contributed by atoms with Gasteiger partial charge < -0.3 is 0 Å². The average Bonchev–Trinajstić information content (AvgIpc) is 2.29. The standard InChI is InChI=1S/C14H29NO2S/c1-5-11-18(16,17)15-13-9-7-12(8-10-13)14(3,4)6-2/h12-13,15H,5-11H2,1-4H3. The van der Waals surface area contributed by atoms with Crippen molar-refractivity contribution in [3.63, 3.8) is 0 Å². The van der Waals surface area contributed by atoms with Crippen molar-refractivity contribution in [3.8, 4) is 0 Å². The van der Waals surface area contributed by atoms with E-state index in [0.717, 1.165) is 31.6 Å². The molecule has 0 spiro atoms. The maximum absolute atomic E-state index is 11.7. The topological polar surface area (TPSA) is 46.2 Å². The molecule has 0 saturated heterocycles. The molecule has 0 aromatic rings. The van der Waals surface area contributed by atoms with Crippen LogP contribution in [0.1, 0.15) is 66.2 Å². The summed E-state index contributed by atoms with van der Waals surface area (Å²) < 4.78 is 26.3. The minimum Gasteiger partial charge on any atom is -0.212 e. The first-order valence-corrected chi connectivity index (χ1v) is 8.96. The first-order valence-electron chi connectivity index (χ1n) is 7.30. The molecule has 0 aliphatic heterocycles. The molecule has 0 heterocycles. The van der Waals surface area contributed by atoms with Crippen molar-refractivity contribution < 1.29 is 8.42 Å². The van der Waals surface area contributed by atoms with Crippen molar-refractivity contribution >= 4 is 10.0 Å². The van der Waals surface area contributed by atoms with E-state index in [4.69, 9.17) is 0 Å². The van der Waals surface area contributed by atoms with Crippen LogP contribution in [0.25, 0.3) is 0 Å². The van der Waals surface area contributed by atoms with Gasteiger partial charge in [-0.1, -0.05) is 34.1 Å². The summed E-state index contributed by atoms with van der Waals surface area (Å²) in [4.78, 5) is 0. The van der Waals surface area contributed by atoms with Crippen LogP contribution < -0.4 is 4.72 Å². The van der Waals surface area contributed by atoms with Gasteiger partial charge in [0.1, 0.15) is 0 Å². The van der Waals surface area contributed by atoms with Gasteiger partial charge in [0.15, 0.2) is 0 Å². The van der Waals surface area contributed by atoms with E-state index < -0.39 is 10.0 Å². The summed E-state index contributed by atoms with van der Waals surface area (Å²) in [5, 5.41) is 0. The van der Waals surface area contributed by atoms with E-state index in [1.54, 1.807) is 0 Å². The van der Waals surface area contributed by atoms with Gasteiger partial charge in [-0.2, -0.15) is 0 Å². The normalized spacial score (nSPS) is 26.2. The van der Waals surface area contributed by atoms with Crippen molar-refractivity contribution in [2.45, 2.75) is 72.3 Å². The Balaban J connectivity index is 2.45. The second-order valence-electron chi connectivity index (χ2n) is 6.33. The summed E-state index contributed by atoms with van der Waals surface area (Å²) in [5.41, 5.74) is 0.396. The van der Waals surface area contributed by atoms with Crippen molar-refractivity contribution in [1.29, 1.82) is 0 Å². The van der Waals surface area contributed by atoms with Gasteiger partial charge in [0.2, 0.25) is 10.0 Å². The highest BCUT2D eigenvalue weighted by molar-refractivity contribution is 7.89. The molecular formula is C14H29NO2S. The predicted octanol–water partition coefficient (Wildman–Crippen LogP) is 3.31. The Morgan fingerprint density at radius 1 is 1.11 bits per heavy atom. The average molecular weight is 275 g/mol. The molecule has 0 bridgehead atoms. The Morgan fingerprint density at radius 2 is 1.67 bits per heavy atom. The molecule has 0 aromatic carbocycles. The fourth-order valence-corrected chi connectivity index (χ4v) is 4.26. The highest BCUT2D eigenvalue weighted by atomic mass is 32.2. The minimum atomic E-state index is -3.04. The summed E-state index contributed by atoms with van der Waals surface area (Å²) >= 11 is 0. The Kier molecular flexibility index (Phi) is 5.66. The Hall–Kier alpha value is -0.0900. The molecule has 1 aliphatic rings. The van der Waals surface area contributed by atoms with E-state index in [-0.39, 0.29) is 11.8 Å². The summed E-state index contributed by atoms with van der Waals surface area (Å²) in [5.74, 6) is 1.00. The Morgan fingerprint density at radius 3 is 2.11 bits per heavy atom.